The molecule has 1 atom stereocenters. The summed E-state index contributed by atoms with van der Waals surface area (Å²) in [6.07, 6.45) is -1.24. The quantitative estimate of drug-likeness (QED) is 0.470. The molecule has 188 valence electrons. The lowest BCUT2D eigenvalue weighted by molar-refractivity contribution is -0.137. The number of aliphatic imine (C=N–C) groups is 1. The number of aromatic hydroxyl groups is 1. The molecule has 1 unspecified atom stereocenters. The molecule has 0 radical (unpaired) electrons. The van der Waals surface area contributed by atoms with Gasteiger partial charge in [0.15, 0.2) is 0 Å². The Morgan fingerprint density at radius 3 is 2.51 bits per heavy atom. The molecule has 1 aliphatic heterocycles. The Kier molecular flexibility index (Phi) is 7.82. The molecule has 3 heterocycles. The lowest BCUT2D eigenvalue weighted by atomic mass is 10.00. The van der Waals surface area contributed by atoms with Crippen molar-refractivity contribution in [2.45, 2.75) is 72.1 Å². The fourth-order valence-corrected chi connectivity index (χ4v) is 4.06. The van der Waals surface area contributed by atoms with E-state index in [1.165, 1.54) is 6.92 Å². The molecule has 1 aromatic carbocycles. The van der Waals surface area contributed by atoms with Gasteiger partial charge in [0.25, 0.3) is 0 Å². The summed E-state index contributed by atoms with van der Waals surface area (Å²) in [4.78, 5) is 8.98. The third kappa shape index (κ3) is 5.63. The Bertz CT molecular complexity index is 1190. The van der Waals surface area contributed by atoms with Gasteiger partial charge in [-0.1, -0.05) is 27.7 Å². The zero-order valence-electron chi connectivity index (χ0n) is 20.6. The fraction of sp³-hybridized carbons (Fsp3) is 0.440. The molecule has 0 saturated heterocycles. The van der Waals surface area contributed by atoms with Gasteiger partial charge in [0.2, 0.25) is 0 Å². The van der Waals surface area contributed by atoms with E-state index in [0.29, 0.717) is 23.9 Å². The van der Waals surface area contributed by atoms with Crippen LogP contribution in [0.3, 0.4) is 0 Å². The van der Waals surface area contributed by atoms with Crippen molar-refractivity contribution in [1.29, 1.82) is 0 Å². The smallest absolute Gasteiger partial charge is 0.416 e. The molecule has 0 spiro atoms. The number of aryl methyl sites for hydroxylation is 2. The van der Waals surface area contributed by atoms with Gasteiger partial charge in [-0.3, -0.25) is 4.99 Å². The van der Waals surface area contributed by atoms with E-state index < -0.39 is 17.5 Å². The monoisotopic (exact) mass is 488 g/mol. The highest BCUT2D eigenvalue weighted by Crippen LogP contribution is 2.38. The fourth-order valence-electron chi connectivity index (χ4n) is 4.06. The number of nitrogens with two attached hydrogens (primary N) is 1. The number of phenols is 1. The van der Waals surface area contributed by atoms with Crippen LogP contribution in [-0.2, 0) is 19.1 Å². The molecule has 7 nitrogen and oxygen atoms in total. The van der Waals surface area contributed by atoms with Crippen molar-refractivity contribution in [2.75, 3.05) is 5.73 Å². The zero-order chi connectivity index (χ0) is 25.9. The first kappa shape index (κ1) is 26.2. The number of pyridine rings is 1. The average Bonchev–Trinajstić information content (AvgIpc) is 3.22. The molecular weight excluding hydrogens is 457 g/mol. The Balaban J connectivity index is 0.00000167. The predicted octanol–water partition coefficient (Wildman–Crippen LogP) is 5.54. The van der Waals surface area contributed by atoms with Crippen LogP contribution in [0.1, 0.15) is 68.4 Å². The van der Waals surface area contributed by atoms with E-state index in [1.807, 2.05) is 13.8 Å². The van der Waals surface area contributed by atoms with Crippen molar-refractivity contribution in [2.24, 2.45) is 4.99 Å². The highest BCUT2D eigenvalue weighted by atomic mass is 19.4. The molecule has 3 N–H and O–H groups in total. The minimum atomic E-state index is -4.55. The molecule has 35 heavy (non-hydrogen) atoms. The molecule has 4 rings (SSSR count). The minimum absolute atomic E-state index is 0.0475. The summed E-state index contributed by atoms with van der Waals surface area (Å²) in [5.74, 6) is 1.87. The van der Waals surface area contributed by atoms with Crippen molar-refractivity contribution >= 4 is 12.0 Å². The number of nitrogens with zero attached hydrogens (tertiary/aromatic N) is 5. The van der Waals surface area contributed by atoms with Crippen LogP contribution in [0.2, 0.25) is 0 Å². The van der Waals surface area contributed by atoms with Crippen molar-refractivity contribution in [3.8, 4) is 17.0 Å². The van der Waals surface area contributed by atoms with Crippen LogP contribution in [0.15, 0.2) is 29.3 Å². The van der Waals surface area contributed by atoms with Crippen molar-refractivity contribution in [3.63, 3.8) is 0 Å². The number of phenolic OH excluding ortho intramolecular Hbond substituents is 1. The lowest BCUT2D eigenvalue weighted by Gasteiger charge is -2.22. The summed E-state index contributed by atoms with van der Waals surface area (Å²) in [6.45, 7) is 10.3. The zero-order valence-corrected chi connectivity index (χ0v) is 20.6. The topological polar surface area (TPSA) is 102 Å². The molecule has 0 amide bonds. The summed E-state index contributed by atoms with van der Waals surface area (Å²) in [6, 6.07) is 5.04. The number of halogens is 3. The highest BCUT2D eigenvalue weighted by molar-refractivity contribution is 5.87. The van der Waals surface area contributed by atoms with Crippen molar-refractivity contribution in [3.05, 3.63) is 52.6 Å². The van der Waals surface area contributed by atoms with Crippen LogP contribution in [0.4, 0.5) is 19.0 Å². The number of benzene rings is 1. The third-order valence-corrected chi connectivity index (χ3v) is 5.75. The van der Waals surface area contributed by atoms with E-state index in [9.17, 15) is 18.3 Å². The van der Waals surface area contributed by atoms with Crippen LogP contribution < -0.4 is 5.73 Å². The molecule has 0 aliphatic carbocycles. The second-order valence-corrected chi connectivity index (χ2v) is 8.57. The molecule has 2 aromatic heterocycles. The number of nitrogen functional groups attached to an aromatic ring is 1. The van der Waals surface area contributed by atoms with Crippen LogP contribution in [0.25, 0.3) is 11.3 Å². The SMILES string of the molecule is CC.Cc1cc(C(F)(F)F)cc(O)c1-c1ccc(C=NC2CCc3nnc(C(C)C)n3C2)c(N)n1. The van der Waals surface area contributed by atoms with Gasteiger partial charge in [-0.05, 0) is 43.2 Å². The predicted molar refractivity (Wildman–Crippen MR) is 131 cm³/mol. The van der Waals surface area contributed by atoms with E-state index in [1.54, 1.807) is 18.3 Å². The largest absolute Gasteiger partial charge is 0.507 e. The second kappa shape index (κ2) is 10.5. The maximum Gasteiger partial charge on any atom is 0.416 e. The summed E-state index contributed by atoms with van der Waals surface area (Å²) in [5, 5.41) is 18.8. The van der Waals surface area contributed by atoms with Gasteiger partial charge in [0.1, 0.15) is 23.2 Å². The summed E-state index contributed by atoms with van der Waals surface area (Å²) < 4.78 is 41.1. The Hall–Kier alpha value is -3.43. The lowest BCUT2D eigenvalue weighted by Crippen LogP contribution is -2.25. The number of anilines is 1. The molecular formula is C25H31F3N6O. The first-order valence-electron chi connectivity index (χ1n) is 11.7. The first-order chi connectivity index (χ1) is 16.5. The summed E-state index contributed by atoms with van der Waals surface area (Å²) in [7, 11) is 0. The highest BCUT2D eigenvalue weighted by Gasteiger charge is 2.32. The Labute approximate surface area is 202 Å². The molecule has 3 aromatic rings. The van der Waals surface area contributed by atoms with Gasteiger partial charge in [-0.2, -0.15) is 13.2 Å². The van der Waals surface area contributed by atoms with Gasteiger partial charge in [0.05, 0.1) is 17.3 Å². The second-order valence-electron chi connectivity index (χ2n) is 8.57. The van der Waals surface area contributed by atoms with Gasteiger partial charge < -0.3 is 15.4 Å². The van der Waals surface area contributed by atoms with Gasteiger partial charge in [-0.15, -0.1) is 10.2 Å². The van der Waals surface area contributed by atoms with Gasteiger partial charge in [0, 0.05) is 36.2 Å². The van der Waals surface area contributed by atoms with E-state index in [2.05, 4.69) is 38.6 Å². The summed E-state index contributed by atoms with van der Waals surface area (Å²) in [5.41, 5.74) is 6.55. The van der Waals surface area contributed by atoms with E-state index in [0.717, 1.165) is 30.6 Å². The summed E-state index contributed by atoms with van der Waals surface area (Å²) >= 11 is 0. The number of hydrogen-bond donors (Lipinski definition) is 2. The number of rotatable bonds is 4. The molecule has 0 saturated carbocycles. The Morgan fingerprint density at radius 2 is 1.91 bits per heavy atom. The van der Waals surface area contributed by atoms with E-state index >= 15 is 0 Å². The first-order valence-corrected chi connectivity index (χ1v) is 11.7. The van der Waals surface area contributed by atoms with Gasteiger partial charge >= 0.3 is 6.18 Å². The number of hydrogen-bond acceptors (Lipinski definition) is 6. The molecule has 0 fully saturated rings. The maximum atomic E-state index is 13.0. The van der Waals surface area contributed by atoms with Crippen LogP contribution in [0, 0.1) is 6.92 Å². The van der Waals surface area contributed by atoms with Gasteiger partial charge in [-0.25, -0.2) is 4.98 Å². The van der Waals surface area contributed by atoms with E-state index in [4.69, 9.17) is 5.73 Å². The van der Waals surface area contributed by atoms with Crippen molar-refractivity contribution < 1.29 is 18.3 Å². The Morgan fingerprint density at radius 1 is 1.20 bits per heavy atom. The maximum absolute atomic E-state index is 13.0. The van der Waals surface area contributed by atoms with E-state index in [-0.39, 0.29) is 28.9 Å². The molecule has 1 aliphatic rings. The van der Waals surface area contributed by atoms with Crippen LogP contribution >= 0.6 is 0 Å². The van der Waals surface area contributed by atoms with Crippen molar-refractivity contribution in [1.82, 2.24) is 19.7 Å². The number of aromatic nitrogens is 4. The standard InChI is InChI=1S/C23H25F3N6O.C2H6/c1-12(2)22-31-30-19-7-5-16(11-32(19)22)28-10-14-4-6-17(29-21(14)27)20-13(3)8-15(9-18(20)33)23(24,25)26;1-2/h4,6,8-10,12,16,33H,5,7,11H2,1-3H3,(H2,27,29);1-2H3. The molecule has 0 bridgehead atoms. The normalized spacial score (nSPS) is 15.7. The number of alkyl halides is 3. The molecule has 10 heteroatoms. The number of fused-ring (bicyclic) bond motifs is 1. The van der Waals surface area contributed by atoms with Crippen LogP contribution in [-0.4, -0.2) is 37.1 Å². The van der Waals surface area contributed by atoms with Crippen LogP contribution in [0.5, 0.6) is 5.75 Å². The minimum Gasteiger partial charge on any atom is -0.507 e. The third-order valence-electron chi connectivity index (χ3n) is 5.75. The average molecular weight is 489 g/mol.